The molecule has 0 N–H and O–H groups in total. The third kappa shape index (κ3) is 3.59. The summed E-state index contributed by atoms with van der Waals surface area (Å²) in [5, 5.41) is 0. The first kappa shape index (κ1) is 13.2. The van der Waals surface area contributed by atoms with Gasteiger partial charge in [0.25, 0.3) is 0 Å². The zero-order valence-electron chi connectivity index (χ0n) is 10.5. The molecule has 0 aliphatic heterocycles. The number of likely N-dealkylation sites (N-methyl/N-ethyl adjacent to an activating group) is 2. The molecule has 0 saturated heterocycles. The van der Waals surface area contributed by atoms with Crippen LogP contribution in [-0.4, -0.2) is 54.7 Å². The average molecular weight is 226 g/mol. The summed E-state index contributed by atoms with van der Waals surface area (Å²) in [6.07, 6.45) is 3.18. The van der Waals surface area contributed by atoms with Gasteiger partial charge in [-0.15, -0.1) is 0 Å². The predicted octanol–water partition coefficient (Wildman–Crippen LogP) is 0.908. The van der Waals surface area contributed by atoms with Crippen LogP contribution in [0, 0.1) is 0 Å². The molecular weight excluding hydrogens is 204 g/mol. The fourth-order valence-electron chi connectivity index (χ4n) is 2.10. The molecule has 0 spiro atoms. The van der Waals surface area contributed by atoms with Crippen molar-refractivity contribution in [1.82, 2.24) is 9.80 Å². The zero-order chi connectivity index (χ0) is 12.1. The van der Waals surface area contributed by atoms with E-state index in [1.54, 1.807) is 19.0 Å². The van der Waals surface area contributed by atoms with Crippen LogP contribution in [0.15, 0.2) is 0 Å². The molecular formula is C12H22N2O2. The summed E-state index contributed by atoms with van der Waals surface area (Å²) in [4.78, 5) is 26.6. The molecule has 1 rings (SSSR count). The third-order valence-electron chi connectivity index (χ3n) is 3.27. The van der Waals surface area contributed by atoms with Crippen LogP contribution in [-0.2, 0) is 9.59 Å². The molecule has 1 aliphatic carbocycles. The van der Waals surface area contributed by atoms with Crippen molar-refractivity contribution >= 4 is 11.7 Å². The first-order valence-corrected chi connectivity index (χ1v) is 6.00. The van der Waals surface area contributed by atoms with Gasteiger partial charge in [0.1, 0.15) is 5.78 Å². The fourth-order valence-corrected chi connectivity index (χ4v) is 2.10. The number of Topliss-reactive ketones (excluding diaryl/α,β-unsaturated/α-hetero) is 1. The van der Waals surface area contributed by atoms with Crippen LogP contribution >= 0.6 is 0 Å². The molecule has 0 radical (unpaired) electrons. The first-order valence-electron chi connectivity index (χ1n) is 6.00. The Morgan fingerprint density at radius 2 is 1.88 bits per heavy atom. The Balaban J connectivity index is 2.47. The lowest BCUT2D eigenvalue weighted by Crippen LogP contribution is -2.44. The maximum Gasteiger partial charge on any atom is 0.236 e. The summed E-state index contributed by atoms with van der Waals surface area (Å²) in [6, 6.07) is 0.409. The molecule has 1 aliphatic rings. The summed E-state index contributed by atoms with van der Waals surface area (Å²) >= 11 is 0. The topological polar surface area (TPSA) is 40.6 Å². The number of hydrogen-bond acceptors (Lipinski definition) is 3. The van der Waals surface area contributed by atoms with Crippen LogP contribution in [0.3, 0.4) is 0 Å². The van der Waals surface area contributed by atoms with Gasteiger partial charge in [0.05, 0.1) is 6.54 Å². The second kappa shape index (κ2) is 5.99. The van der Waals surface area contributed by atoms with Crippen LogP contribution in [0.4, 0.5) is 0 Å². The second-order valence-corrected chi connectivity index (χ2v) is 4.62. The lowest BCUT2D eigenvalue weighted by Gasteiger charge is -2.33. The summed E-state index contributed by atoms with van der Waals surface area (Å²) in [6.45, 7) is 3.42. The monoisotopic (exact) mass is 226 g/mol. The number of carbonyl (C=O) groups is 2. The van der Waals surface area contributed by atoms with Crippen molar-refractivity contribution in [2.24, 2.45) is 0 Å². The van der Waals surface area contributed by atoms with Crippen molar-refractivity contribution in [2.45, 2.75) is 38.6 Å². The molecule has 1 saturated carbocycles. The Kier molecular flexibility index (Phi) is 4.93. The van der Waals surface area contributed by atoms with Gasteiger partial charge in [-0.05, 0) is 19.4 Å². The maximum atomic E-state index is 11.6. The molecule has 4 heteroatoms. The zero-order valence-corrected chi connectivity index (χ0v) is 10.5. The normalized spacial score (nSPS) is 17.9. The van der Waals surface area contributed by atoms with Gasteiger partial charge in [-0.25, -0.2) is 0 Å². The summed E-state index contributed by atoms with van der Waals surface area (Å²) in [7, 11) is 3.56. The lowest BCUT2D eigenvalue weighted by molar-refractivity contribution is -0.130. The number of carbonyl (C=O) groups excluding carboxylic acids is 2. The van der Waals surface area contributed by atoms with Crippen molar-refractivity contribution in [3.63, 3.8) is 0 Å². The fraction of sp³-hybridized carbons (Fsp3) is 0.833. The van der Waals surface area contributed by atoms with E-state index in [0.29, 0.717) is 31.2 Å². The van der Waals surface area contributed by atoms with Crippen LogP contribution in [0.2, 0.25) is 0 Å². The summed E-state index contributed by atoms with van der Waals surface area (Å²) in [5.74, 6) is 0.505. The highest BCUT2D eigenvalue weighted by molar-refractivity contribution is 5.79. The molecule has 16 heavy (non-hydrogen) atoms. The molecule has 4 nitrogen and oxygen atoms in total. The van der Waals surface area contributed by atoms with E-state index in [9.17, 15) is 9.59 Å². The van der Waals surface area contributed by atoms with E-state index in [0.717, 1.165) is 19.4 Å². The molecule has 1 fully saturated rings. The maximum absolute atomic E-state index is 11.6. The molecule has 0 unspecified atom stereocenters. The molecule has 0 aromatic rings. The van der Waals surface area contributed by atoms with E-state index in [2.05, 4.69) is 11.8 Å². The number of rotatable bonds is 4. The smallest absolute Gasteiger partial charge is 0.236 e. The summed E-state index contributed by atoms with van der Waals surface area (Å²) < 4.78 is 0. The van der Waals surface area contributed by atoms with E-state index in [1.165, 1.54) is 0 Å². The van der Waals surface area contributed by atoms with E-state index in [4.69, 9.17) is 0 Å². The number of amides is 1. The van der Waals surface area contributed by atoms with Crippen LogP contribution < -0.4 is 0 Å². The van der Waals surface area contributed by atoms with Gasteiger partial charge in [-0.3, -0.25) is 14.5 Å². The van der Waals surface area contributed by atoms with Gasteiger partial charge in [0.2, 0.25) is 5.91 Å². The van der Waals surface area contributed by atoms with Gasteiger partial charge in [0.15, 0.2) is 0 Å². The van der Waals surface area contributed by atoms with Crippen molar-refractivity contribution in [2.75, 3.05) is 27.2 Å². The third-order valence-corrected chi connectivity index (χ3v) is 3.27. The average Bonchev–Trinajstić information content (AvgIpc) is 2.26. The van der Waals surface area contributed by atoms with Crippen LogP contribution in [0.1, 0.15) is 32.6 Å². The standard InChI is InChI=1S/C12H22N2O2/c1-4-14(9-12(16)13(2)3)10-5-7-11(15)8-6-10/h10H,4-9H2,1-3H3. The van der Waals surface area contributed by atoms with Gasteiger partial charge in [-0.1, -0.05) is 6.92 Å². The first-order chi connectivity index (χ1) is 7.54. The Labute approximate surface area is 97.6 Å². The highest BCUT2D eigenvalue weighted by Crippen LogP contribution is 2.20. The molecule has 92 valence electrons. The van der Waals surface area contributed by atoms with E-state index in [1.807, 2.05) is 0 Å². The Bertz CT molecular complexity index is 254. The molecule has 0 atom stereocenters. The predicted molar refractivity (Wildman–Crippen MR) is 63.2 cm³/mol. The minimum Gasteiger partial charge on any atom is -0.348 e. The highest BCUT2D eigenvalue weighted by atomic mass is 16.2. The van der Waals surface area contributed by atoms with E-state index < -0.39 is 0 Å². The van der Waals surface area contributed by atoms with Crippen molar-refractivity contribution < 1.29 is 9.59 Å². The second-order valence-electron chi connectivity index (χ2n) is 4.62. The molecule has 1 amide bonds. The van der Waals surface area contributed by atoms with E-state index in [-0.39, 0.29) is 5.91 Å². The largest absolute Gasteiger partial charge is 0.348 e. The van der Waals surface area contributed by atoms with Crippen LogP contribution in [0.25, 0.3) is 0 Å². The minimum absolute atomic E-state index is 0.138. The number of ketones is 1. The molecule has 0 aromatic heterocycles. The number of nitrogens with zero attached hydrogens (tertiary/aromatic N) is 2. The van der Waals surface area contributed by atoms with Gasteiger partial charge in [-0.2, -0.15) is 0 Å². The van der Waals surface area contributed by atoms with E-state index >= 15 is 0 Å². The molecule has 0 bridgehead atoms. The SMILES string of the molecule is CCN(CC(=O)N(C)C)C1CCC(=O)CC1. The Morgan fingerprint density at radius 1 is 1.31 bits per heavy atom. The van der Waals surface area contributed by atoms with Crippen molar-refractivity contribution in [3.8, 4) is 0 Å². The van der Waals surface area contributed by atoms with Gasteiger partial charge >= 0.3 is 0 Å². The van der Waals surface area contributed by atoms with Gasteiger partial charge < -0.3 is 4.90 Å². The van der Waals surface area contributed by atoms with Crippen molar-refractivity contribution in [3.05, 3.63) is 0 Å². The quantitative estimate of drug-likeness (QED) is 0.715. The molecule has 0 aromatic carbocycles. The lowest BCUT2D eigenvalue weighted by atomic mass is 9.93. The van der Waals surface area contributed by atoms with Crippen LogP contribution in [0.5, 0.6) is 0 Å². The minimum atomic E-state index is 0.138. The summed E-state index contributed by atoms with van der Waals surface area (Å²) in [5.41, 5.74) is 0. The Hall–Kier alpha value is -0.900. The highest BCUT2D eigenvalue weighted by Gasteiger charge is 2.25. The Morgan fingerprint density at radius 3 is 2.31 bits per heavy atom. The van der Waals surface area contributed by atoms with Crippen molar-refractivity contribution in [1.29, 1.82) is 0 Å². The molecule has 0 heterocycles. The number of hydrogen-bond donors (Lipinski definition) is 0. The van der Waals surface area contributed by atoms with Gasteiger partial charge in [0, 0.05) is 33.0 Å².